The van der Waals surface area contributed by atoms with Gasteiger partial charge in [-0.15, -0.1) is 0 Å². The highest BCUT2D eigenvalue weighted by molar-refractivity contribution is 5.76. The SMILES string of the molecule is CC(C)(C)c1ccc2ncn(C3CCC3)c2c1. The van der Waals surface area contributed by atoms with E-state index in [1.165, 1.54) is 30.3 Å². The number of aromatic nitrogens is 2. The summed E-state index contributed by atoms with van der Waals surface area (Å²) >= 11 is 0. The predicted octanol–water partition coefficient (Wildman–Crippen LogP) is 4.06. The molecule has 0 aliphatic heterocycles. The van der Waals surface area contributed by atoms with E-state index in [4.69, 9.17) is 0 Å². The molecule has 1 aliphatic carbocycles. The van der Waals surface area contributed by atoms with Gasteiger partial charge in [0.15, 0.2) is 0 Å². The second-order valence-corrected chi connectivity index (χ2v) is 6.19. The Morgan fingerprint density at radius 3 is 2.59 bits per heavy atom. The molecule has 1 saturated carbocycles. The van der Waals surface area contributed by atoms with Crippen LogP contribution in [0.4, 0.5) is 0 Å². The lowest BCUT2D eigenvalue weighted by atomic mass is 9.86. The molecular formula is C15H20N2. The van der Waals surface area contributed by atoms with Gasteiger partial charge in [-0.2, -0.15) is 0 Å². The van der Waals surface area contributed by atoms with Crippen LogP contribution in [0, 0.1) is 0 Å². The Hall–Kier alpha value is -1.31. The molecule has 0 bridgehead atoms. The van der Waals surface area contributed by atoms with E-state index in [1.807, 2.05) is 6.33 Å². The normalized spacial score (nSPS) is 17.4. The first-order chi connectivity index (χ1) is 8.05. The van der Waals surface area contributed by atoms with Crippen LogP contribution in [0.15, 0.2) is 24.5 Å². The maximum atomic E-state index is 4.51. The van der Waals surface area contributed by atoms with Crippen LogP contribution < -0.4 is 0 Å². The van der Waals surface area contributed by atoms with Crippen LogP contribution in [0.5, 0.6) is 0 Å². The first-order valence-corrected chi connectivity index (χ1v) is 6.53. The zero-order valence-corrected chi connectivity index (χ0v) is 10.9. The quantitative estimate of drug-likeness (QED) is 0.719. The van der Waals surface area contributed by atoms with E-state index in [1.54, 1.807) is 0 Å². The molecule has 17 heavy (non-hydrogen) atoms. The number of nitrogens with zero attached hydrogens (tertiary/aromatic N) is 2. The molecule has 1 aromatic carbocycles. The second-order valence-electron chi connectivity index (χ2n) is 6.19. The Bertz CT molecular complexity index is 542. The van der Waals surface area contributed by atoms with Gasteiger partial charge in [0.25, 0.3) is 0 Å². The molecule has 0 spiro atoms. The number of hydrogen-bond acceptors (Lipinski definition) is 1. The number of hydrogen-bond donors (Lipinski definition) is 0. The summed E-state index contributed by atoms with van der Waals surface area (Å²) in [6.45, 7) is 6.79. The minimum absolute atomic E-state index is 0.211. The van der Waals surface area contributed by atoms with Crippen molar-refractivity contribution in [1.82, 2.24) is 9.55 Å². The van der Waals surface area contributed by atoms with Crippen molar-refractivity contribution in [2.75, 3.05) is 0 Å². The summed E-state index contributed by atoms with van der Waals surface area (Å²) in [6.07, 6.45) is 6.00. The largest absolute Gasteiger partial charge is 0.327 e. The van der Waals surface area contributed by atoms with Crippen molar-refractivity contribution in [1.29, 1.82) is 0 Å². The third kappa shape index (κ3) is 1.76. The van der Waals surface area contributed by atoms with Gasteiger partial charge < -0.3 is 4.57 Å². The number of rotatable bonds is 1. The summed E-state index contributed by atoms with van der Waals surface area (Å²) in [5, 5.41) is 0. The highest BCUT2D eigenvalue weighted by atomic mass is 15.1. The van der Waals surface area contributed by atoms with Crippen molar-refractivity contribution in [3.8, 4) is 0 Å². The van der Waals surface area contributed by atoms with Crippen LogP contribution >= 0.6 is 0 Å². The lowest BCUT2D eigenvalue weighted by molar-refractivity contribution is 0.320. The molecule has 0 saturated heterocycles. The van der Waals surface area contributed by atoms with Crippen molar-refractivity contribution >= 4 is 11.0 Å². The fraction of sp³-hybridized carbons (Fsp3) is 0.533. The molecule has 1 aliphatic rings. The maximum absolute atomic E-state index is 4.51. The smallest absolute Gasteiger partial charge is 0.0960 e. The van der Waals surface area contributed by atoms with Gasteiger partial charge in [0.1, 0.15) is 0 Å². The number of benzene rings is 1. The molecule has 1 aromatic heterocycles. The molecule has 2 nitrogen and oxygen atoms in total. The van der Waals surface area contributed by atoms with E-state index in [-0.39, 0.29) is 5.41 Å². The van der Waals surface area contributed by atoms with Crippen molar-refractivity contribution in [3.05, 3.63) is 30.1 Å². The Morgan fingerprint density at radius 1 is 1.24 bits per heavy atom. The third-order valence-electron chi connectivity index (χ3n) is 3.91. The first-order valence-electron chi connectivity index (χ1n) is 6.53. The lowest BCUT2D eigenvalue weighted by Gasteiger charge is -2.28. The monoisotopic (exact) mass is 228 g/mol. The molecule has 90 valence electrons. The molecule has 0 radical (unpaired) electrons. The summed E-state index contributed by atoms with van der Waals surface area (Å²) < 4.78 is 2.37. The van der Waals surface area contributed by atoms with Crippen LogP contribution in [0.3, 0.4) is 0 Å². The Labute approximate surface area is 103 Å². The molecule has 0 atom stereocenters. The highest BCUT2D eigenvalue weighted by Gasteiger charge is 2.22. The van der Waals surface area contributed by atoms with Crippen LogP contribution in [-0.2, 0) is 5.41 Å². The average Bonchev–Trinajstić information content (AvgIpc) is 2.57. The van der Waals surface area contributed by atoms with Gasteiger partial charge in [0.05, 0.1) is 17.4 Å². The molecular weight excluding hydrogens is 208 g/mol. The Balaban J connectivity index is 2.12. The average molecular weight is 228 g/mol. The van der Waals surface area contributed by atoms with Gasteiger partial charge in [0.2, 0.25) is 0 Å². The van der Waals surface area contributed by atoms with Gasteiger partial charge in [-0.25, -0.2) is 4.98 Å². The van der Waals surface area contributed by atoms with Gasteiger partial charge in [0, 0.05) is 6.04 Å². The number of fused-ring (bicyclic) bond motifs is 1. The summed E-state index contributed by atoms with van der Waals surface area (Å²) in [7, 11) is 0. The molecule has 2 heteroatoms. The topological polar surface area (TPSA) is 17.8 Å². The maximum Gasteiger partial charge on any atom is 0.0960 e. The molecule has 3 rings (SSSR count). The summed E-state index contributed by atoms with van der Waals surface area (Å²) in [6, 6.07) is 7.38. The Kier molecular flexibility index (Phi) is 2.29. The molecule has 0 N–H and O–H groups in total. The molecule has 1 heterocycles. The molecule has 0 unspecified atom stereocenters. The summed E-state index contributed by atoms with van der Waals surface area (Å²) in [4.78, 5) is 4.51. The lowest BCUT2D eigenvalue weighted by Crippen LogP contribution is -2.16. The van der Waals surface area contributed by atoms with E-state index in [2.05, 4.69) is 48.5 Å². The van der Waals surface area contributed by atoms with Crippen molar-refractivity contribution < 1.29 is 0 Å². The van der Waals surface area contributed by atoms with Gasteiger partial charge in [-0.05, 0) is 42.4 Å². The molecule has 2 aromatic rings. The van der Waals surface area contributed by atoms with Crippen molar-refractivity contribution in [2.24, 2.45) is 0 Å². The minimum atomic E-state index is 0.211. The van der Waals surface area contributed by atoms with E-state index in [0.717, 1.165) is 5.52 Å². The summed E-state index contributed by atoms with van der Waals surface area (Å²) in [5.74, 6) is 0. The third-order valence-corrected chi connectivity index (χ3v) is 3.91. The van der Waals surface area contributed by atoms with E-state index in [0.29, 0.717) is 6.04 Å². The second kappa shape index (κ2) is 3.59. The highest BCUT2D eigenvalue weighted by Crippen LogP contribution is 2.35. The van der Waals surface area contributed by atoms with E-state index >= 15 is 0 Å². The van der Waals surface area contributed by atoms with Crippen molar-refractivity contribution in [2.45, 2.75) is 51.5 Å². The van der Waals surface area contributed by atoms with Crippen LogP contribution in [-0.4, -0.2) is 9.55 Å². The Morgan fingerprint density at radius 2 is 2.00 bits per heavy atom. The number of imidazole rings is 1. The molecule has 1 fully saturated rings. The standard InChI is InChI=1S/C15H20N2/c1-15(2,3)11-7-8-13-14(9-11)17(10-16-13)12-5-4-6-12/h7-10,12H,4-6H2,1-3H3. The van der Waals surface area contributed by atoms with Crippen LogP contribution in [0.2, 0.25) is 0 Å². The zero-order chi connectivity index (χ0) is 12.0. The van der Waals surface area contributed by atoms with E-state index < -0.39 is 0 Å². The fourth-order valence-electron chi connectivity index (χ4n) is 2.45. The first kappa shape index (κ1) is 10.8. The van der Waals surface area contributed by atoms with Gasteiger partial charge in [-0.1, -0.05) is 26.8 Å². The predicted molar refractivity (Wildman–Crippen MR) is 71.3 cm³/mol. The van der Waals surface area contributed by atoms with E-state index in [9.17, 15) is 0 Å². The van der Waals surface area contributed by atoms with Gasteiger partial charge in [-0.3, -0.25) is 0 Å². The summed E-state index contributed by atoms with van der Waals surface area (Å²) in [5.41, 5.74) is 4.04. The zero-order valence-electron chi connectivity index (χ0n) is 10.9. The molecule has 0 amide bonds. The van der Waals surface area contributed by atoms with Crippen molar-refractivity contribution in [3.63, 3.8) is 0 Å². The van der Waals surface area contributed by atoms with Gasteiger partial charge >= 0.3 is 0 Å². The minimum Gasteiger partial charge on any atom is -0.327 e. The van der Waals surface area contributed by atoms with Crippen LogP contribution in [0.25, 0.3) is 11.0 Å². The fourth-order valence-corrected chi connectivity index (χ4v) is 2.45. The van der Waals surface area contributed by atoms with Crippen LogP contribution in [0.1, 0.15) is 51.6 Å².